The lowest BCUT2D eigenvalue weighted by Crippen LogP contribution is -2.48. The molecule has 11 nitrogen and oxygen atoms in total. The minimum Gasteiger partial charge on any atom is -0.472 e. The Balaban J connectivity index is 1.35. The Morgan fingerprint density at radius 2 is 1.96 bits per heavy atom. The molecule has 50 heavy (non-hydrogen) atoms. The highest BCUT2D eigenvalue weighted by Crippen LogP contribution is 2.57. The van der Waals surface area contributed by atoms with Gasteiger partial charge in [-0.1, -0.05) is 62.7 Å². The molecule has 1 N–H and O–H groups in total. The van der Waals surface area contributed by atoms with Crippen molar-refractivity contribution in [1.29, 1.82) is 0 Å². The number of amides is 2. The Kier molecular flexibility index (Phi) is 9.91. The van der Waals surface area contributed by atoms with Crippen LogP contribution in [0, 0.1) is 22.7 Å². The number of carbonyl (C=O) groups is 4. The number of ether oxygens (including phenoxy) is 2. The van der Waals surface area contributed by atoms with Crippen LogP contribution in [-0.2, 0) is 33.9 Å². The van der Waals surface area contributed by atoms with Crippen molar-refractivity contribution in [3.8, 4) is 5.88 Å². The lowest BCUT2D eigenvalue weighted by molar-refractivity contribution is -0.153. The standard InChI is InChI=1S/C37H44ClN3O8S/c1-5-24-19-37(24,35(45)40-50(46,47)26-12-13-26)20-30(42)29-17-25-21-41(29)34(44)28(36(2,3)4)18-32(43)48-14-8-6-7-9-22-10-11-23-16-31(38)39-33(49-25)27(23)15-22/h5,7,9-11,15-16,24-26,28-29H,1,6,8,12-14,17-21H2,2-4H3,(H,40,45)/b9-7+/t24-,25+,28+,29-,37+/m0/s1. The highest BCUT2D eigenvalue weighted by molar-refractivity contribution is 7.90. The highest BCUT2D eigenvalue weighted by atomic mass is 35.5. The second-order valence-electron chi connectivity index (χ2n) is 15.1. The Morgan fingerprint density at radius 1 is 1.20 bits per heavy atom. The molecule has 1 saturated heterocycles. The van der Waals surface area contributed by atoms with Crippen molar-refractivity contribution < 1.29 is 37.1 Å². The molecule has 4 aliphatic rings. The van der Waals surface area contributed by atoms with Crippen LogP contribution in [-0.4, -0.2) is 72.4 Å². The number of allylic oxidation sites excluding steroid dienone is 2. The van der Waals surface area contributed by atoms with E-state index < -0.39 is 73.7 Å². The Labute approximate surface area is 297 Å². The van der Waals surface area contributed by atoms with Crippen LogP contribution >= 0.6 is 11.6 Å². The minimum atomic E-state index is -3.85. The molecular weight excluding hydrogens is 682 g/mol. The van der Waals surface area contributed by atoms with Crippen molar-refractivity contribution in [3.05, 3.63) is 53.7 Å². The highest BCUT2D eigenvalue weighted by Gasteiger charge is 2.61. The van der Waals surface area contributed by atoms with Crippen molar-refractivity contribution in [2.24, 2.45) is 22.7 Å². The molecule has 0 radical (unpaired) electrons. The summed E-state index contributed by atoms with van der Waals surface area (Å²) >= 11 is 6.41. The maximum absolute atomic E-state index is 14.5. The summed E-state index contributed by atoms with van der Waals surface area (Å²) in [5, 5.41) is 1.14. The number of Topliss-reactive ketones (excluding diaryl/α,β-unsaturated/α-hetero) is 1. The number of rotatable bonds is 7. The van der Waals surface area contributed by atoms with Gasteiger partial charge < -0.3 is 14.4 Å². The van der Waals surface area contributed by atoms with E-state index in [2.05, 4.69) is 16.3 Å². The van der Waals surface area contributed by atoms with Gasteiger partial charge in [-0.25, -0.2) is 13.4 Å². The van der Waals surface area contributed by atoms with Crippen LogP contribution in [0.2, 0.25) is 5.15 Å². The van der Waals surface area contributed by atoms with Crippen molar-refractivity contribution in [3.63, 3.8) is 0 Å². The van der Waals surface area contributed by atoms with Crippen LogP contribution in [0.4, 0.5) is 0 Å². The van der Waals surface area contributed by atoms with Crippen LogP contribution in [0.1, 0.15) is 77.7 Å². The molecule has 3 fully saturated rings. The molecule has 1 aromatic heterocycles. The SMILES string of the molecule is C=C[C@H]1C[C@]1(CC(=O)[C@@H]1C[C@@H]2CN1C(=O)[C@H](C(C)(C)C)CC(=O)OCCC/C=C/c1ccc3cc(Cl)nc(c3c1)O2)C(=O)NS(=O)(=O)C1CC1. The number of hydrogen-bond donors (Lipinski definition) is 1. The smallest absolute Gasteiger partial charge is 0.306 e. The van der Waals surface area contributed by atoms with E-state index in [0.717, 1.165) is 10.9 Å². The number of nitrogens with zero attached hydrogens (tertiary/aromatic N) is 2. The van der Waals surface area contributed by atoms with E-state index in [-0.39, 0.29) is 49.9 Å². The number of esters is 1. The van der Waals surface area contributed by atoms with Crippen LogP contribution in [0.15, 0.2) is 43.0 Å². The van der Waals surface area contributed by atoms with E-state index in [1.54, 1.807) is 12.1 Å². The summed E-state index contributed by atoms with van der Waals surface area (Å²) in [4.78, 5) is 61.3. The van der Waals surface area contributed by atoms with E-state index in [1.807, 2.05) is 51.1 Å². The predicted molar refractivity (Wildman–Crippen MR) is 189 cm³/mol. The molecule has 5 atom stereocenters. The van der Waals surface area contributed by atoms with Gasteiger partial charge in [-0.15, -0.1) is 6.58 Å². The molecule has 4 bridgehead atoms. The summed E-state index contributed by atoms with van der Waals surface area (Å²) < 4.78 is 39.6. The van der Waals surface area contributed by atoms with Crippen molar-refractivity contribution >= 4 is 62.0 Å². The number of hydrogen-bond acceptors (Lipinski definition) is 9. The summed E-state index contributed by atoms with van der Waals surface area (Å²) in [6.07, 6.45) is 7.00. The number of pyridine rings is 1. The number of ketones is 1. The summed E-state index contributed by atoms with van der Waals surface area (Å²) in [7, 11) is -3.85. The molecule has 0 unspecified atom stereocenters. The normalized spacial score (nSPS) is 28.3. The van der Waals surface area contributed by atoms with Crippen molar-refractivity contribution in [2.75, 3.05) is 13.2 Å². The van der Waals surface area contributed by atoms with E-state index in [0.29, 0.717) is 31.1 Å². The molecule has 2 amide bonds. The van der Waals surface area contributed by atoms with Crippen LogP contribution < -0.4 is 9.46 Å². The third-order valence-corrected chi connectivity index (χ3v) is 12.4. The average Bonchev–Trinajstić information content (AvgIpc) is 3.97. The number of cyclic esters (lactones) is 1. The first-order chi connectivity index (χ1) is 23.6. The monoisotopic (exact) mass is 725 g/mol. The van der Waals surface area contributed by atoms with Crippen molar-refractivity contribution in [1.82, 2.24) is 14.6 Å². The molecule has 2 aromatic rings. The molecule has 268 valence electrons. The summed E-state index contributed by atoms with van der Waals surface area (Å²) in [6.45, 7) is 9.61. The second-order valence-corrected chi connectivity index (χ2v) is 17.5. The van der Waals surface area contributed by atoms with Crippen LogP contribution in [0.25, 0.3) is 16.8 Å². The van der Waals surface area contributed by atoms with Crippen molar-refractivity contribution in [2.45, 2.75) is 89.5 Å². The van der Waals surface area contributed by atoms with Gasteiger partial charge in [0.1, 0.15) is 11.3 Å². The maximum Gasteiger partial charge on any atom is 0.306 e. The van der Waals surface area contributed by atoms with Gasteiger partial charge in [0.25, 0.3) is 0 Å². The fourth-order valence-electron chi connectivity index (χ4n) is 7.09. The third kappa shape index (κ3) is 7.61. The van der Waals surface area contributed by atoms with Crippen LogP contribution in [0.5, 0.6) is 5.88 Å². The maximum atomic E-state index is 14.5. The van der Waals surface area contributed by atoms with Gasteiger partial charge >= 0.3 is 5.97 Å². The number of carbonyl (C=O) groups excluding carboxylic acids is 4. The first kappa shape index (κ1) is 36.0. The van der Waals surface area contributed by atoms with E-state index in [9.17, 15) is 27.6 Å². The van der Waals surface area contributed by atoms with E-state index >= 15 is 0 Å². The quantitative estimate of drug-likeness (QED) is 0.225. The van der Waals surface area contributed by atoms with Gasteiger partial charge in [0.2, 0.25) is 27.7 Å². The number of sulfonamides is 1. The summed E-state index contributed by atoms with van der Waals surface area (Å²) in [5.41, 5.74) is -1.05. The van der Waals surface area contributed by atoms with Gasteiger partial charge in [-0.05, 0) is 66.5 Å². The minimum absolute atomic E-state index is 0.0201. The lowest BCUT2D eigenvalue weighted by Gasteiger charge is -2.34. The lowest BCUT2D eigenvalue weighted by atomic mass is 9.77. The van der Waals surface area contributed by atoms with E-state index in [1.165, 1.54) is 4.90 Å². The first-order valence-electron chi connectivity index (χ1n) is 17.2. The molecule has 1 aromatic carbocycles. The van der Waals surface area contributed by atoms with Gasteiger partial charge in [0.05, 0.1) is 42.2 Å². The fraction of sp³-hybridized carbons (Fsp3) is 0.541. The molecule has 2 saturated carbocycles. The molecule has 3 heterocycles. The zero-order valence-electron chi connectivity index (χ0n) is 28.7. The van der Waals surface area contributed by atoms with Gasteiger partial charge in [-0.2, -0.15) is 0 Å². The van der Waals surface area contributed by atoms with Gasteiger partial charge in [0, 0.05) is 18.2 Å². The third-order valence-electron chi connectivity index (χ3n) is 10.3. The zero-order valence-corrected chi connectivity index (χ0v) is 30.2. The Morgan fingerprint density at radius 3 is 2.64 bits per heavy atom. The number of aromatic nitrogens is 1. The summed E-state index contributed by atoms with van der Waals surface area (Å²) in [6, 6.07) is 6.53. The fourth-order valence-corrected chi connectivity index (χ4v) is 8.67. The zero-order chi connectivity index (χ0) is 36.0. The topological polar surface area (TPSA) is 149 Å². The number of nitrogens with one attached hydrogen (secondary N) is 1. The van der Waals surface area contributed by atoms with Gasteiger partial charge in [-0.3, -0.25) is 23.9 Å². The predicted octanol–water partition coefficient (Wildman–Crippen LogP) is 5.40. The van der Waals surface area contributed by atoms with Gasteiger partial charge in [0.15, 0.2) is 5.78 Å². The Bertz CT molecular complexity index is 1870. The molecule has 0 spiro atoms. The number of benzene rings is 1. The molecule has 13 heteroatoms. The van der Waals surface area contributed by atoms with Crippen LogP contribution in [0.3, 0.4) is 0 Å². The molecule has 6 rings (SSSR count). The first-order valence-corrected chi connectivity index (χ1v) is 19.1. The second kappa shape index (κ2) is 13.7. The number of fused-ring (bicyclic) bond motifs is 3. The number of halogens is 1. The molecule has 2 aliphatic heterocycles. The average molecular weight is 726 g/mol. The summed E-state index contributed by atoms with van der Waals surface area (Å²) in [5.74, 6) is -2.98. The molecular formula is C37H44ClN3O8S. The largest absolute Gasteiger partial charge is 0.472 e. The Hall–Kier alpha value is -3.77. The van der Waals surface area contributed by atoms with E-state index in [4.69, 9.17) is 21.1 Å². The molecule has 2 aliphatic carbocycles.